The van der Waals surface area contributed by atoms with E-state index in [0.717, 1.165) is 32.5 Å². The number of hydrogen-bond acceptors (Lipinski definition) is 3. The Morgan fingerprint density at radius 2 is 0.788 bits per heavy atom. The minimum atomic E-state index is 0.349. The molecule has 1 N–H and O–H groups in total. The van der Waals surface area contributed by atoms with Crippen molar-refractivity contribution in [2.24, 2.45) is 0 Å². The molecule has 3 nitrogen and oxygen atoms in total. The third-order valence-electron chi connectivity index (χ3n) is 5.71. The fraction of sp³-hybridized carbons (Fsp3) is 0.867. The van der Waals surface area contributed by atoms with E-state index in [-0.39, 0.29) is 0 Å². The standard InChI is InChI=1S/C15H28O2.C15H28O/c1-2-14-17-15-12-10-8-6-4-3-5-7-9-11-13-16;1-3-5-6-7-8-9-10-11-12-13-15-16-14-4-2/h1,16H,3-15H2;2H,3,5-15H2,1H3. The van der Waals surface area contributed by atoms with Crippen LogP contribution in [0.15, 0.2) is 0 Å². The van der Waals surface area contributed by atoms with E-state index in [1.54, 1.807) is 0 Å². The summed E-state index contributed by atoms with van der Waals surface area (Å²) in [5.41, 5.74) is 0. The second kappa shape index (κ2) is 35.6. The quantitative estimate of drug-likeness (QED) is 0.110. The van der Waals surface area contributed by atoms with Gasteiger partial charge in [0.25, 0.3) is 0 Å². The lowest BCUT2D eigenvalue weighted by Crippen LogP contribution is -1.94. The van der Waals surface area contributed by atoms with Crippen LogP contribution in [0.4, 0.5) is 0 Å². The number of rotatable bonds is 25. The van der Waals surface area contributed by atoms with Crippen molar-refractivity contribution < 1.29 is 14.6 Å². The topological polar surface area (TPSA) is 38.7 Å². The first kappa shape index (κ1) is 34.2. The van der Waals surface area contributed by atoms with E-state index in [9.17, 15) is 0 Å². The Kier molecular flexibility index (Phi) is 36.8. The van der Waals surface area contributed by atoms with Gasteiger partial charge < -0.3 is 14.6 Å². The van der Waals surface area contributed by atoms with Gasteiger partial charge in [-0.3, -0.25) is 0 Å². The van der Waals surface area contributed by atoms with Gasteiger partial charge >= 0.3 is 0 Å². The Hall–Kier alpha value is -1.00. The first-order chi connectivity index (χ1) is 16.3. The van der Waals surface area contributed by atoms with Crippen LogP contribution in [0.25, 0.3) is 0 Å². The fourth-order valence-electron chi connectivity index (χ4n) is 3.68. The monoisotopic (exact) mass is 464 g/mol. The summed E-state index contributed by atoms with van der Waals surface area (Å²) in [6, 6.07) is 0. The van der Waals surface area contributed by atoms with E-state index in [1.165, 1.54) is 109 Å². The molecule has 0 atom stereocenters. The van der Waals surface area contributed by atoms with E-state index in [4.69, 9.17) is 27.4 Å². The molecule has 0 unspecified atom stereocenters. The summed E-state index contributed by atoms with van der Waals surface area (Å²) >= 11 is 0. The molecule has 0 aromatic rings. The van der Waals surface area contributed by atoms with Crippen LogP contribution < -0.4 is 0 Å². The zero-order chi connectivity index (χ0) is 24.5. The number of unbranched alkanes of at least 4 members (excludes halogenated alkanes) is 18. The lowest BCUT2D eigenvalue weighted by molar-refractivity contribution is 0.161. The first-order valence-electron chi connectivity index (χ1n) is 14.0. The van der Waals surface area contributed by atoms with Gasteiger partial charge in [-0.25, -0.2) is 0 Å². The van der Waals surface area contributed by atoms with Crippen LogP contribution in [0.2, 0.25) is 0 Å². The summed E-state index contributed by atoms with van der Waals surface area (Å²) in [5, 5.41) is 8.62. The summed E-state index contributed by atoms with van der Waals surface area (Å²) in [7, 11) is 0. The van der Waals surface area contributed by atoms with E-state index < -0.39 is 0 Å². The number of ether oxygens (including phenoxy) is 2. The molecule has 3 heteroatoms. The summed E-state index contributed by atoms with van der Waals surface area (Å²) in [4.78, 5) is 0. The largest absolute Gasteiger partial charge is 0.396 e. The van der Waals surface area contributed by atoms with Gasteiger partial charge in [-0.15, -0.1) is 12.8 Å². The third kappa shape index (κ3) is 38.6. The van der Waals surface area contributed by atoms with Gasteiger partial charge in [-0.05, 0) is 19.3 Å². The van der Waals surface area contributed by atoms with Crippen molar-refractivity contribution in [3.8, 4) is 24.7 Å². The van der Waals surface area contributed by atoms with Crippen LogP contribution in [-0.2, 0) is 9.47 Å². The zero-order valence-electron chi connectivity index (χ0n) is 22.1. The smallest absolute Gasteiger partial charge is 0.107 e. The molecule has 0 heterocycles. The molecule has 0 aromatic heterocycles. The minimum absolute atomic E-state index is 0.349. The Balaban J connectivity index is 0. The molecular formula is C30H56O3. The average molecular weight is 465 g/mol. The maximum Gasteiger partial charge on any atom is 0.107 e. The van der Waals surface area contributed by atoms with E-state index in [2.05, 4.69) is 18.8 Å². The van der Waals surface area contributed by atoms with Gasteiger partial charge in [-0.2, -0.15) is 0 Å². The molecule has 0 bridgehead atoms. The van der Waals surface area contributed by atoms with Crippen molar-refractivity contribution in [2.75, 3.05) is 33.0 Å². The summed E-state index contributed by atoms with van der Waals surface area (Å²) in [6.07, 6.45) is 36.3. The van der Waals surface area contributed by atoms with Crippen molar-refractivity contribution in [3.05, 3.63) is 0 Å². The average Bonchev–Trinajstić information content (AvgIpc) is 2.83. The van der Waals surface area contributed by atoms with Crippen LogP contribution in [0.5, 0.6) is 0 Å². The first-order valence-corrected chi connectivity index (χ1v) is 14.0. The molecule has 0 saturated carbocycles. The van der Waals surface area contributed by atoms with Crippen molar-refractivity contribution in [1.82, 2.24) is 0 Å². The molecule has 194 valence electrons. The maximum atomic E-state index is 8.62. The molecule has 0 aliphatic heterocycles. The molecule has 0 amide bonds. The van der Waals surface area contributed by atoms with Crippen LogP contribution in [0.3, 0.4) is 0 Å². The van der Waals surface area contributed by atoms with Crippen LogP contribution in [-0.4, -0.2) is 38.1 Å². The Labute approximate surface area is 207 Å². The summed E-state index contributed by atoms with van der Waals surface area (Å²) < 4.78 is 10.4. The Morgan fingerprint density at radius 1 is 0.485 bits per heavy atom. The SMILES string of the molecule is C#CCOCCCCCCCCCCCC.C#CCOCCCCCCCCCCCCO. The third-order valence-corrected chi connectivity index (χ3v) is 5.71. The highest BCUT2D eigenvalue weighted by Gasteiger charge is 1.94. The second-order valence-electron chi connectivity index (χ2n) is 8.95. The zero-order valence-corrected chi connectivity index (χ0v) is 22.1. The lowest BCUT2D eigenvalue weighted by Gasteiger charge is -2.02. The van der Waals surface area contributed by atoms with Crippen LogP contribution >= 0.6 is 0 Å². The molecule has 0 saturated heterocycles. The molecule has 0 fully saturated rings. The second-order valence-corrected chi connectivity index (χ2v) is 8.95. The molecule has 33 heavy (non-hydrogen) atoms. The van der Waals surface area contributed by atoms with Crippen molar-refractivity contribution in [2.45, 2.75) is 135 Å². The van der Waals surface area contributed by atoms with Crippen LogP contribution in [0.1, 0.15) is 135 Å². The molecule has 0 aliphatic rings. The van der Waals surface area contributed by atoms with Gasteiger partial charge in [-0.1, -0.05) is 128 Å². The molecule has 0 rings (SSSR count). The number of aliphatic hydroxyl groups excluding tert-OH is 1. The number of aliphatic hydroxyl groups is 1. The predicted molar refractivity (Wildman–Crippen MR) is 144 cm³/mol. The van der Waals surface area contributed by atoms with E-state index >= 15 is 0 Å². The predicted octanol–water partition coefficient (Wildman–Crippen LogP) is 8.09. The number of terminal acetylenes is 2. The van der Waals surface area contributed by atoms with Crippen molar-refractivity contribution in [1.29, 1.82) is 0 Å². The molecule has 0 aromatic carbocycles. The highest BCUT2D eigenvalue weighted by atomic mass is 16.5. The van der Waals surface area contributed by atoms with Gasteiger partial charge in [0, 0.05) is 19.8 Å². The highest BCUT2D eigenvalue weighted by Crippen LogP contribution is 2.11. The number of hydrogen-bond donors (Lipinski definition) is 1. The fourth-order valence-corrected chi connectivity index (χ4v) is 3.68. The summed E-state index contributed by atoms with van der Waals surface area (Å²) in [6.45, 7) is 5.18. The van der Waals surface area contributed by atoms with E-state index in [1.807, 2.05) is 0 Å². The molecule has 0 radical (unpaired) electrons. The Morgan fingerprint density at radius 3 is 1.09 bits per heavy atom. The van der Waals surface area contributed by atoms with E-state index in [0.29, 0.717) is 19.8 Å². The highest BCUT2D eigenvalue weighted by molar-refractivity contribution is 4.83. The Bertz CT molecular complexity index is 408. The molecule has 0 aliphatic carbocycles. The van der Waals surface area contributed by atoms with Gasteiger partial charge in [0.05, 0.1) is 0 Å². The lowest BCUT2D eigenvalue weighted by atomic mass is 10.1. The van der Waals surface area contributed by atoms with Gasteiger partial charge in [0.1, 0.15) is 13.2 Å². The van der Waals surface area contributed by atoms with Gasteiger partial charge in [0.2, 0.25) is 0 Å². The molecular weight excluding hydrogens is 408 g/mol. The van der Waals surface area contributed by atoms with Crippen molar-refractivity contribution in [3.63, 3.8) is 0 Å². The minimum Gasteiger partial charge on any atom is -0.396 e. The summed E-state index contributed by atoms with van der Waals surface area (Å²) in [5.74, 6) is 4.95. The normalized spacial score (nSPS) is 10.3. The maximum absolute atomic E-state index is 8.62. The van der Waals surface area contributed by atoms with Gasteiger partial charge in [0.15, 0.2) is 0 Å². The van der Waals surface area contributed by atoms with Crippen LogP contribution in [0, 0.1) is 24.7 Å². The van der Waals surface area contributed by atoms with Crippen molar-refractivity contribution >= 4 is 0 Å². The molecule has 0 spiro atoms.